The Labute approximate surface area is 152 Å². The highest BCUT2D eigenvalue weighted by Crippen LogP contribution is 2.30. The first-order valence-electron chi connectivity index (χ1n) is 8.42. The van der Waals surface area contributed by atoms with Gasteiger partial charge in [-0.2, -0.15) is 0 Å². The summed E-state index contributed by atoms with van der Waals surface area (Å²) in [5.74, 6) is -0.128. The zero-order valence-corrected chi connectivity index (χ0v) is 15.2. The second-order valence-electron chi connectivity index (χ2n) is 6.75. The van der Waals surface area contributed by atoms with E-state index in [0.29, 0.717) is 11.6 Å². The van der Waals surface area contributed by atoms with E-state index in [1.54, 1.807) is 13.0 Å². The Kier molecular flexibility index (Phi) is 5.40. The number of hydrogen-bond acceptors (Lipinski definition) is 2. The van der Waals surface area contributed by atoms with Crippen molar-refractivity contribution in [2.24, 2.45) is 0 Å². The number of aryl methyl sites for hydroxylation is 1. The van der Waals surface area contributed by atoms with Crippen LogP contribution in [0.1, 0.15) is 29.5 Å². The zero-order chi connectivity index (χ0) is 18.0. The summed E-state index contributed by atoms with van der Waals surface area (Å²) in [4.78, 5) is 13.8. The lowest BCUT2D eigenvalue weighted by atomic mass is 9.93. The van der Waals surface area contributed by atoms with Gasteiger partial charge in [0, 0.05) is 43.5 Å². The highest BCUT2D eigenvalue weighted by molar-refractivity contribution is 6.31. The number of amides is 1. The van der Waals surface area contributed by atoms with Crippen molar-refractivity contribution in [3.63, 3.8) is 0 Å². The maximum atomic E-state index is 13.2. The molecule has 0 aliphatic carbocycles. The highest BCUT2D eigenvalue weighted by atomic mass is 35.5. The molecule has 5 heteroatoms. The van der Waals surface area contributed by atoms with E-state index in [0.717, 1.165) is 18.7 Å². The van der Waals surface area contributed by atoms with Crippen LogP contribution in [-0.2, 0) is 11.3 Å². The summed E-state index contributed by atoms with van der Waals surface area (Å²) in [6.45, 7) is 5.81. The number of carbonyl (C=O) groups excluding carboxylic acids is 1. The van der Waals surface area contributed by atoms with Crippen LogP contribution < -0.4 is 5.32 Å². The van der Waals surface area contributed by atoms with Crippen molar-refractivity contribution in [3.05, 3.63) is 70.0 Å². The molecular formula is C20H22ClFN2O. The normalized spacial score (nSPS) is 20.6. The Balaban J connectivity index is 1.78. The van der Waals surface area contributed by atoms with Gasteiger partial charge in [-0.15, -0.1) is 0 Å². The van der Waals surface area contributed by atoms with Crippen LogP contribution in [0.15, 0.2) is 42.5 Å². The van der Waals surface area contributed by atoms with Crippen LogP contribution in [0.4, 0.5) is 4.39 Å². The van der Waals surface area contributed by atoms with Crippen molar-refractivity contribution >= 4 is 17.5 Å². The van der Waals surface area contributed by atoms with Crippen LogP contribution in [0.25, 0.3) is 0 Å². The largest absolute Gasteiger partial charge is 0.352 e. The molecule has 0 saturated carbocycles. The molecule has 0 radical (unpaired) electrons. The van der Waals surface area contributed by atoms with Gasteiger partial charge in [0.05, 0.1) is 0 Å². The molecule has 1 fully saturated rings. The molecule has 0 unspecified atom stereocenters. The second-order valence-corrected chi connectivity index (χ2v) is 7.16. The summed E-state index contributed by atoms with van der Waals surface area (Å²) in [5, 5.41) is 3.51. The van der Waals surface area contributed by atoms with Gasteiger partial charge in [-0.25, -0.2) is 4.39 Å². The molecule has 1 amide bonds. The number of rotatable bonds is 4. The molecule has 2 aromatic carbocycles. The molecule has 0 bridgehead atoms. The van der Waals surface area contributed by atoms with Gasteiger partial charge in [-0.3, -0.25) is 9.69 Å². The van der Waals surface area contributed by atoms with Crippen LogP contribution in [0.2, 0.25) is 5.02 Å². The quantitative estimate of drug-likeness (QED) is 0.897. The van der Waals surface area contributed by atoms with Gasteiger partial charge in [-0.05, 0) is 30.2 Å². The van der Waals surface area contributed by atoms with E-state index in [1.165, 1.54) is 23.3 Å². The molecule has 1 aliphatic heterocycles. The van der Waals surface area contributed by atoms with Crippen LogP contribution in [-0.4, -0.2) is 29.9 Å². The maximum absolute atomic E-state index is 13.2. The Hall–Kier alpha value is -1.91. The molecule has 132 valence electrons. The number of nitrogens with one attached hydrogen (secondary N) is 1. The lowest BCUT2D eigenvalue weighted by Crippen LogP contribution is -2.38. The van der Waals surface area contributed by atoms with Gasteiger partial charge >= 0.3 is 0 Å². The van der Waals surface area contributed by atoms with E-state index in [-0.39, 0.29) is 23.7 Å². The molecule has 3 nitrogen and oxygen atoms in total. The minimum Gasteiger partial charge on any atom is -0.352 e. The Morgan fingerprint density at radius 2 is 1.96 bits per heavy atom. The summed E-state index contributed by atoms with van der Waals surface area (Å²) in [7, 11) is 0. The SMILES string of the molecule is CC(=O)N[C@H]1CN(Cc2ccc(F)cc2Cl)C[C@@H]1c1ccc(C)cc1. The number of halogens is 2. The Morgan fingerprint density at radius 3 is 2.60 bits per heavy atom. The molecule has 1 saturated heterocycles. The fourth-order valence-corrected chi connectivity index (χ4v) is 3.69. The monoisotopic (exact) mass is 360 g/mol. The van der Waals surface area contributed by atoms with E-state index in [4.69, 9.17) is 11.6 Å². The predicted molar refractivity (Wildman–Crippen MR) is 98.2 cm³/mol. The van der Waals surface area contributed by atoms with Crippen molar-refractivity contribution in [1.82, 2.24) is 10.2 Å². The first kappa shape index (κ1) is 17.9. The zero-order valence-electron chi connectivity index (χ0n) is 14.4. The average Bonchev–Trinajstić information content (AvgIpc) is 2.92. The minimum absolute atomic E-state index is 0.0243. The third-order valence-electron chi connectivity index (χ3n) is 4.70. The number of benzene rings is 2. The topological polar surface area (TPSA) is 32.3 Å². The molecule has 25 heavy (non-hydrogen) atoms. The van der Waals surface area contributed by atoms with E-state index in [2.05, 4.69) is 41.4 Å². The molecule has 1 heterocycles. The fraction of sp³-hybridized carbons (Fsp3) is 0.350. The number of nitrogens with zero attached hydrogens (tertiary/aromatic N) is 1. The van der Waals surface area contributed by atoms with Crippen LogP contribution in [0, 0.1) is 12.7 Å². The third kappa shape index (κ3) is 4.39. The van der Waals surface area contributed by atoms with Crippen LogP contribution in [0.3, 0.4) is 0 Å². The summed E-state index contributed by atoms with van der Waals surface area (Å²) in [6.07, 6.45) is 0. The second kappa shape index (κ2) is 7.54. The van der Waals surface area contributed by atoms with Gasteiger partial charge in [0.2, 0.25) is 5.91 Å². The van der Waals surface area contributed by atoms with Crippen LogP contribution >= 0.6 is 11.6 Å². The van der Waals surface area contributed by atoms with Crippen molar-refractivity contribution in [2.45, 2.75) is 32.4 Å². The third-order valence-corrected chi connectivity index (χ3v) is 5.05. The summed E-state index contributed by atoms with van der Waals surface area (Å²) < 4.78 is 13.2. The maximum Gasteiger partial charge on any atom is 0.217 e. The molecule has 2 aromatic rings. The minimum atomic E-state index is -0.330. The Bertz CT molecular complexity index is 763. The first-order chi connectivity index (χ1) is 11.9. The van der Waals surface area contributed by atoms with Gasteiger partial charge < -0.3 is 5.32 Å². The number of hydrogen-bond donors (Lipinski definition) is 1. The van der Waals surface area contributed by atoms with Crippen molar-refractivity contribution in [1.29, 1.82) is 0 Å². The molecule has 1 N–H and O–H groups in total. The van der Waals surface area contributed by atoms with Gasteiger partial charge in [0.1, 0.15) is 5.82 Å². The standard InChI is InChI=1S/C20H22ClFN2O/c1-13-3-5-15(6-4-13)18-11-24(12-20(18)23-14(2)25)10-16-7-8-17(22)9-19(16)21/h3-9,18,20H,10-12H2,1-2H3,(H,23,25)/t18-,20+/m1/s1. The van der Waals surface area contributed by atoms with Gasteiger partial charge in [0.15, 0.2) is 0 Å². The van der Waals surface area contributed by atoms with Crippen LogP contribution in [0.5, 0.6) is 0 Å². The van der Waals surface area contributed by atoms with Crippen molar-refractivity contribution in [3.8, 4) is 0 Å². The van der Waals surface area contributed by atoms with E-state index >= 15 is 0 Å². The molecular weight excluding hydrogens is 339 g/mol. The molecule has 2 atom stereocenters. The van der Waals surface area contributed by atoms with Crippen molar-refractivity contribution < 1.29 is 9.18 Å². The van der Waals surface area contributed by atoms with Gasteiger partial charge in [-0.1, -0.05) is 47.5 Å². The average molecular weight is 361 g/mol. The lowest BCUT2D eigenvalue weighted by Gasteiger charge is -2.19. The van der Waals surface area contributed by atoms with E-state index < -0.39 is 0 Å². The summed E-state index contributed by atoms with van der Waals surface area (Å²) >= 11 is 6.16. The molecule has 3 rings (SSSR count). The molecule has 0 aromatic heterocycles. The summed E-state index contributed by atoms with van der Waals surface area (Å²) in [6, 6.07) is 13.0. The van der Waals surface area contributed by atoms with E-state index in [1.807, 2.05) is 0 Å². The smallest absolute Gasteiger partial charge is 0.217 e. The van der Waals surface area contributed by atoms with E-state index in [9.17, 15) is 9.18 Å². The molecule has 0 spiro atoms. The highest BCUT2D eigenvalue weighted by Gasteiger charge is 2.34. The summed E-state index contributed by atoms with van der Waals surface area (Å²) in [5.41, 5.74) is 3.33. The Morgan fingerprint density at radius 1 is 1.24 bits per heavy atom. The number of likely N-dealkylation sites (tertiary alicyclic amines) is 1. The predicted octanol–water partition coefficient (Wildman–Crippen LogP) is 3.89. The fourth-order valence-electron chi connectivity index (χ4n) is 3.46. The van der Waals surface area contributed by atoms with Crippen molar-refractivity contribution in [2.75, 3.05) is 13.1 Å². The van der Waals surface area contributed by atoms with Gasteiger partial charge in [0.25, 0.3) is 0 Å². The first-order valence-corrected chi connectivity index (χ1v) is 8.80. The number of carbonyl (C=O) groups is 1. The lowest BCUT2D eigenvalue weighted by molar-refractivity contribution is -0.119. The molecule has 1 aliphatic rings.